The zero-order chi connectivity index (χ0) is 21.0. The lowest BCUT2D eigenvalue weighted by molar-refractivity contribution is 0.0697. The van der Waals surface area contributed by atoms with Gasteiger partial charge >= 0.3 is 5.97 Å². The Morgan fingerprint density at radius 3 is 2.41 bits per heavy atom. The summed E-state index contributed by atoms with van der Waals surface area (Å²) in [6, 6.07) is 17.7. The van der Waals surface area contributed by atoms with Gasteiger partial charge in [-0.2, -0.15) is 5.26 Å². The number of anilines is 1. The number of hydrogen-bond donors (Lipinski definition) is 2. The fourth-order valence-electron chi connectivity index (χ4n) is 2.44. The Morgan fingerprint density at radius 2 is 1.76 bits per heavy atom. The molecule has 0 unspecified atom stereocenters. The minimum absolute atomic E-state index is 0.0382. The van der Waals surface area contributed by atoms with E-state index < -0.39 is 16.0 Å². The molecule has 0 radical (unpaired) electrons. The predicted octanol–water partition coefficient (Wildman–Crippen LogP) is 4.50. The number of ether oxygens (including phenoxy) is 1. The third-order valence-corrected chi connectivity index (χ3v) is 5.52. The molecule has 2 N–H and O–H groups in total. The molecular weight excluding hydrogens is 416 g/mol. The average Bonchev–Trinajstić information content (AvgIpc) is 2.68. The van der Waals surface area contributed by atoms with Gasteiger partial charge in [-0.05, 0) is 54.6 Å². The zero-order valence-corrected chi connectivity index (χ0v) is 16.2. The highest BCUT2D eigenvalue weighted by Crippen LogP contribution is 2.30. The smallest absolute Gasteiger partial charge is 0.335 e. The molecule has 0 saturated carbocycles. The molecule has 0 aliphatic heterocycles. The van der Waals surface area contributed by atoms with Gasteiger partial charge in [0.2, 0.25) is 0 Å². The summed E-state index contributed by atoms with van der Waals surface area (Å²) < 4.78 is 33.0. The number of carboxylic acids is 1. The number of hydrogen-bond acceptors (Lipinski definition) is 5. The quantitative estimate of drug-likeness (QED) is 0.596. The second-order valence-electron chi connectivity index (χ2n) is 5.79. The molecule has 0 aromatic heterocycles. The summed E-state index contributed by atoms with van der Waals surface area (Å²) in [5.41, 5.74) is 0.262. The number of sulfonamides is 1. The number of nitrogens with zero attached hydrogens (tertiary/aromatic N) is 1. The Kier molecular flexibility index (Phi) is 5.73. The summed E-state index contributed by atoms with van der Waals surface area (Å²) >= 11 is 5.96. The van der Waals surface area contributed by atoms with E-state index in [1.807, 2.05) is 6.07 Å². The van der Waals surface area contributed by atoms with Gasteiger partial charge in [-0.3, -0.25) is 4.72 Å². The first-order valence-corrected chi connectivity index (χ1v) is 9.99. The SMILES string of the molecule is N#Cc1c(Cl)cccc1Oc1ccc(S(=O)(=O)Nc2cccc(C(=O)O)c2)cc1. The molecule has 0 amide bonds. The molecule has 3 aromatic rings. The maximum absolute atomic E-state index is 12.5. The number of aromatic carboxylic acids is 1. The Morgan fingerprint density at radius 1 is 1.07 bits per heavy atom. The first-order valence-electron chi connectivity index (χ1n) is 8.13. The van der Waals surface area contributed by atoms with Crippen molar-refractivity contribution < 1.29 is 23.1 Å². The normalized spacial score (nSPS) is 10.8. The molecule has 0 aliphatic carbocycles. The van der Waals surface area contributed by atoms with E-state index in [-0.39, 0.29) is 32.5 Å². The summed E-state index contributed by atoms with van der Waals surface area (Å²) in [6.07, 6.45) is 0. The van der Waals surface area contributed by atoms with Crippen LogP contribution in [0.4, 0.5) is 5.69 Å². The summed E-state index contributed by atoms with van der Waals surface area (Å²) in [6.45, 7) is 0. The van der Waals surface area contributed by atoms with Crippen LogP contribution in [0, 0.1) is 11.3 Å². The van der Waals surface area contributed by atoms with E-state index in [1.165, 1.54) is 48.5 Å². The molecule has 146 valence electrons. The van der Waals surface area contributed by atoms with Gasteiger partial charge in [0, 0.05) is 5.69 Å². The van der Waals surface area contributed by atoms with E-state index in [2.05, 4.69) is 4.72 Å². The van der Waals surface area contributed by atoms with Crippen LogP contribution in [0.5, 0.6) is 11.5 Å². The van der Waals surface area contributed by atoms with Gasteiger partial charge in [0.25, 0.3) is 10.0 Å². The Bertz CT molecular complexity index is 1220. The van der Waals surface area contributed by atoms with E-state index in [0.717, 1.165) is 0 Å². The summed E-state index contributed by atoms with van der Waals surface area (Å²) in [4.78, 5) is 11.0. The van der Waals surface area contributed by atoms with Crippen LogP contribution in [0.1, 0.15) is 15.9 Å². The first kappa shape index (κ1) is 20.2. The van der Waals surface area contributed by atoms with Gasteiger partial charge in [-0.25, -0.2) is 13.2 Å². The maximum Gasteiger partial charge on any atom is 0.335 e. The molecular formula is C20H13ClN2O5S. The highest BCUT2D eigenvalue weighted by atomic mass is 35.5. The Labute approximate surface area is 171 Å². The lowest BCUT2D eigenvalue weighted by Crippen LogP contribution is -2.13. The predicted molar refractivity (Wildman–Crippen MR) is 107 cm³/mol. The average molecular weight is 429 g/mol. The van der Waals surface area contributed by atoms with Crippen molar-refractivity contribution in [2.75, 3.05) is 4.72 Å². The molecule has 3 rings (SSSR count). The molecule has 0 bridgehead atoms. The molecule has 0 aliphatic rings. The van der Waals surface area contributed by atoms with E-state index in [9.17, 15) is 18.5 Å². The summed E-state index contributed by atoms with van der Waals surface area (Å²) in [5, 5.41) is 18.4. The van der Waals surface area contributed by atoms with E-state index in [0.29, 0.717) is 5.75 Å². The fraction of sp³-hybridized carbons (Fsp3) is 0. The van der Waals surface area contributed by atoms with Crippen LogP contribution >= 0.6 is 11.6 Å². The number of nitrogens with one attached hydrogen (secondary N) is 1. The van der Waals surface area contributed by atoms with Crippen molar-refractivity contribution in [3.8, 4) is 17.6 Å². The second-order valence-corrected chi connectivity index (χ2v) is 7.88. The Hall–Kier alpha value is -3.54. The highest BCUT2D eigenvalue weighted by Gasteiger charge is 2.16. The number of benzene rings is 3. The topological polar surface area (TPSA) is 116 Å². The van der Waals surface area contributed by atoms with E-state index >= 15 is 0 Å². The van der Waals surface area contributed by atoms with Crippen molar-refractivity contribution in [3.05, 3.63) is 82.9 Å². The van der Waals surface area contributed by atoms with Crippen LogP contribution < -0.4 is 9.46 Å². The van der Waals surface area contributed by atoms with Crippen molar-refractivity contribution in [1.82, 2.24) is 0 Å². The van der Waals surface area contributed by atoms with Crippen LogP contribution in [-0.2, 0) is 10.0 Å². The van der Waals surface area contributed by atoms with Crippen LogP contribution in [0.15, 0.2) is 71.6 Å². The first-order chi connectivity index (χ1) is 13.8. The van der Waals surface area contributed by atoms with Crippen molar-refractivity contribution >= 4 is 33.3 Å². The van der Waals surface area contributed by atoms with Crippen molar-refractivity contribution in [1.29, 1.82) is 5.26 Å². The van der Waals surface area contributed by atoms with Crippen LogP contribution in [0.25, 0.3) is 0 Å². The van der Waals surface area contributed by atoms with Gasteiger partial charge in [0.05, 0.1) is 15.5 Å². The molecule has 0 fully saturated rings. The number of carbonyl (C=O) groups is 1. The van der Waals surface area contributed by atoms with Crippen LogP contribution in [-0.4, -0.2) is 19.5 Å². The zero-order valence-electron chi connectivity index (χ0n) is 14.7. The fourth-order valence-corrected chi connectivity index (χ4v) is 3.70. The number of rotatable bonds is 6. The van der Waals surface area contributed by atoms with Crippen molar-refractivity contribution in [3.63, 3.8) is 0 Å². The van der Waals surface area contributed by atoms with Gasteiger partial charge in [0.15, 0.2) is 0 Å². The van der Waals surface area contributed by atoms with Crippen LogP contribution in [0.3, 0.4) is 0 Å². The van der Waals surface area contributed by atoms with Crippen LogP contribution in [0.2, 0.25) is 5.02 Å². The minimum Gasteiger partial charge on any atom is -0.478 e. The minimum atomic E-state index is -3.94. The molecule has 29 heavy (non-hydrogen) atoms. The van der Waals surface area contributed by atoms with Gasteiger partial charge in [-0.15, -0.1) is 0 Å². The van der Waals surface area contributed by atoms with Gasteiger partial charge in [-0.1, -0.05) is 23.7 Å². The molecule has 0 spiro atoms. The largest absolute Gasteiger partial charge is 0.478 e. The second kappa shape index (κ2) is 8.22. The molecule has 0 heterocycles. The monoisotopic (exact) mass is 428 g/mol. The molecule has 9 heteroatoms. The Balaban J connectivity index is 1.81. The molecule has 0 atom stereocenters. The molecule has 3 aromatic carbocycles. The molecule has 0 saturated heterocycles. The van der Waals surface area contributed by atoms with Crippen molar-refractivity contribution in [2.45, 2.75) is 4.90 Å². The van der Waals surface area contributed by atoms with Gasteiger partial charge < -0.3 is 9.84 Å². The summed E-state index contributed by atoms with van der Waals surface area (Å²) in [5.74, 6) is -0.597. The standard InChI is InChI=1S/C20H13ClN2O5S/c21-18-5-2-6-19(17(18)12-22)28-15-7-9-16(10-8-15)29(26,27)23-14-4-1-3-13(11-14)20(24)25/h1-11,23H,(H,24,25). The van der Waals surface area contributed by atoms with E-state index in [1.54, 1.807) is 18.2 Å². The number of carboxylic acid groups (broad SMARTS) is 1. The number of nitriles is 1. The summed E-state index contributed by atoms with van der Waals surface area (Å²) in [7, 11) is -3.94. The van der Waals surface area contributed by atoms with E-state index in [4.69, 9.17) is 21.4 Å². The highest BCUT2D eigenvalue weighted by molar-refractivity contribution is 7.92. The van der Waals surface area contributed by atoms with Crippen molar-refractivity contribution in [2.24, 2.45) is 0 Å². The maximum atomic E-state index is 12.5. The lowest BCUT2D eigenvalue weighted by atomic mass is 10.2. The number of halogens is 1. The third-order valence-electron chi connectivity index (χ3n) is 3.81. The lowest BCUT2D eigenvalue weighted by Gasteiger charge is -2.11. The van der Waals surface area contributed by atoms with Gasteiger partial charge in [0.1, 0.15) is 23.1 Å². The third kappa shape index (κ3) is 4.66. The molecule has 7 nitrogen and oxygen atoms in total.